The second-order valence-electron chi connectivity index (χ2n) is 8.33. The molecule has 3 fully saturated rings. The third-order valence-electron chi connectivity index (χ3n) is 6.70. The first kappa shape index (κ1) is 18.5. The van der Waals surface area contributed by atoms with Crippen molar-refractivity contribution >= 4 is 11.9 Å². The summed E-state index contributed by atoms with van der Waals surface area (Å²) in [6.07, 6.45) is 10.3. The lowest BCUT2D eigenvalue weighted by atomic mass is 9.89. The average Bonchev–Trinajstić information content (AvgIpc) is 3.41. The van der Waals surface area contributed by atoms with Gasteiger partial charge in [0.1, 0.15) is 12.1 Å². The Morgan fingerprint density at radius 1 is 1.11 bits per heavy atom. The number of carboxylic acids is 1. The van der Waals surface area contributed by atoms with Gasteiger partial charge in [0.15, 0.2) is 0 Å². The number of aromatic nitrogens is 2. The molecule has 1 atom stereocenters. The Bertz CT molecular complexity index is 689. The van der Waals surface area contributed by atoms with Gasteiger partial charge in [-0.05, 0) is 57.7 Å². The number of aliphatic carboxylic acids is 1. The van der Waals surface area contributed by atoms with Crippen LogP contribution < -0.4 is 0 Å². The normalized spacial score (nSPS) is 25.8. The standard InChI is InChI=1S/C20H30N4O3/c25-18(26)15-24-17(7-10-21-24)16-6-5-11-22(14-16)19(27)20(8-1-2-9-20)23-12-3-4-13-23/h7,10,16H,1-6,8-9,11-15H2,(H,25,26)/t16-/m0/s1. The largest absolute Gasteiger partial charge is 0.480 e. The van der Waals surface area contributed by atoms with E-state index in [4.69, 9.17) is 5.11 Å². The average molecular weight is 374 g/mol. The Morgan fingerprint density at radius 2 is 1.85 bits per heavy atom. The van der Waals surface area contributed by atoms with Crippen LogP contribution in [0.15, 0.2) is 12.3 Å². The molecule has 0 spiro atoms. The molecule has 0 aromatic carbocycles. The van der Waals surface area contributed by atoms with Gasteiger partial charge in [0.25, 0.3) is 0 Å². The SMILES string of the molecule is O=C(O)Cn1nccc1[C@H]1CCCN(C(=O)C2(N3CCCC3)CCCC2)C1. The van der Waals surface area contributed by atoms with Gasteiger partial charge >= 0.3 is 5.97 Å². The minimum atomic E-state index is -0.886. The van der Waals surface area contributed by atoms with Gasteiger partial charge in [0, 0.05) is 30.9 Å². The quantitative estimate of drug-likeness (QED) is 0.854. The summed E-state index contributed by atoms with van der Waals surface area (Å²) < 4.78 is 1.58. The molecule has 7 heteroatoms. The van der Waals surface area contributed by atoms with E-state index < -0.39 is 5.97 Å². The van der Waals surface area contributed by atoms with Crippen LogP contribution in [0.3, 0.4) is 0 Å². The number of rotatable bonds is 5. The van der Waals surface area contributed by atoms with Crippen LogP contribution in [-0.4, -0.2) is 68.3 Å². The summed E-state index contributed by atoms with van der Waals surface area (Å²) in [6.45, 7) is 3.48. The second kappa shape index (κ2) is 7.62. The molecule has 4 rings (SSSR count). The van der Waals surface area contributed by atoms with E-state index in [9.17, 15) is 9.59 Å². The monoisotopic (exact) mass is 374 g/mol. The number of hydrogen-bond acceptors (Lipinski definition) is 4. The molecule has 3 aliphatic rings. The molecule has 27 heavy (non-hydrogen) atoms. The molecular formula is C20H30N4O3. The molecule has 1 amide bonds. The first-order chi connectivity index (χ1) is 13.1. The van der Waals surface area contributed by atoms with Crippen molar-refractivity contribution in [3.63, 3.8) is 0 Å². The summed E-state index contributed by atoms with van der Waals surface area (Å²) in [5, 5.41) is 13.3. The van der Waals surface area contributed by atoms with Crippen molar-refractivity contribution in [3.8, 4) is 0 Å². The summed E-state index contributed by atoms with van der Waals surface area (Å²) in [5.41, 5.74) is 0.663. The molecule has 1 aromatic heterocycles. The smallest absolute Gasteiger partial charge is 0.325 e. The number of carbonyl (C=O) groups is 2. The van der Waals surface area contributed by atoms with E-state index in [0.717, 1.165) is 63.9 Å². The first-order valence-electron chi connectivity index (χ1n) is 10.4. The number of likely N-dealkylation sites (tertiary alicyclic amines) is 2. The van der Waals surface area contributed by atoms with Crippen molar-refractivity contribution in [2.24, 2.45) is 0 Å². The third kappa shape index (κ3) is 3.49. The van der Waals surface area contributed by atoms with Gasteiger partial charge in [-0.2, -0.15) is 5.10 Å². The van der Waals surface area contributed by atoms with Gasteiger partial charge < -0.3 is 10.0 Å². The van der Waals surface area contributed by atoms with E-state index in [-0.39, 0.29) is 18.0 Å². The van der Waals surface area contributed by atoms with Crippen molar-refractivity contribution < 1.29 is 14.7 Å². The van der Waals surface area contributed by atoms with Crippen LogP contribution in [0.4, 0.5) is 0 Å². The van der Waals surface area contributed by atoms with E-state index >= 15 is 0 Å². The highest BCUT2D eigenvalue weighted by Gasteiger charge is 2.49. The Balaban J connectivity index is 1.51. The molecule has 1 N–H and O–H groups in total. The molecule has 1 aromatic rings. The lowest BCUT2D eigenvalue weighted by Gasteiger charge is -2.43. The zero-order valence-electron chi connectivity index (χ0n) is 16.0. The van der Waals surface area contributed by atoms with Crippen LogP contribution in [0.5, 0.6) is 0 Å². The summed E-state index contributed by atoms with van der Waals surface area (Å²) in [4.78, 5) is 29.3. The maximum Gasteiger partial charge on any atom is 0.325 e. The van der Waals surface area contributed by atoms with Crippen molar-refractivity contribution in [1.82, 2.24) is 19.6 Å². The zero-order chi connectivity index (χ0) is 18.9. The predicted octanol–water partition coefficient (Wildman–Crippen LogP) is 2.08. The molecule has 3 heterocycles. The Kier molecular flexibility index (Phi) is 5.21. The van der Waals surface area contributed by atoms with Gasteiger partial charge in [0.2, 0.25) is 5.91 Å². The number of nitrogens with zero attached hydrogens (tertiary/aromatic N) is 4. The van der Waals surface area contributed by atoms with E-state index in [0.29, 0.717) is 12.5 Å². The van der Waals surface area contributed by atoms with Crippen molar-refractivity contribution in [3.05, 3.63) is 18.0 Å². The minimum absolute atomic E-state index is 0.121. The van der Waals surface area contributed by atoms with Gasteiger partial charge in [-0.1, -0.05) is 12.8 Å². The fraction of sp³-hybridized carbons (Fsp3) is 0.750. The van der Waals surface area contributed by atoms with Gasteiger partial charge in [0.05, 0.1) is 0 Å². The summed E-state index contributed by atoms with van der Waals surface area (Å²) in [7, 11) is 0. The Hall–Kier alpha value is -1.89. The lowest BCUT2D eigenvalue weighted by molar-refractivity contribution is -0.145. The van der Waals surface area contributed by atoms with Crippen LogP contribution in [0.1, 0.15) is 63.0 Å². The molecule has 7 nitrogen and oxygen atoms in total. The fourth-order valence-corrected chi connectivity index (χ4v) is 5.42. The van der Waals surface area contributed by atoms with Crippen LogP contribution >= 0.6 is 0 Å². The van der Waals surface area contributed by atoms with Gasteiger partial charge in [-0.15, -0.1) is 0 Å². The second-order valence-corrected chi connectivity index (χ2v) is 8.33. The molecule has 2 aliphatic heterocycles. The molecule has 0 unspecified atom stereocenters. The summed E-state index contributed by atoms with van der Waals surface area (Å²) in [5.74, 6) is -0.403. The minimum Gasteiger partial charge on any atom is -0.480 e. The highest BCUT2D eigenvalue weighted by molar-refractivity contribution is 5.87. The number of hydrogen-bond donors (Lipinski definition) is 1. The maximum absolute atomic E-state index is 13.7. The van der Waals surface area contributed by atoms with E-state index in [1.807, 2.05) is 6.07 Å². The number of carbonyl (C=O) groups excluding carboxylic acids is 1. The van der Waals surface area contributed by atoms with E-state index in [2.05, 4.69) is 14.9 Å². The highest BCUT2D eigenvalue weighted by atomic mass is 16.4. The molecule has 2 saturated heterocycles. The number of carboxylic acid groups (broad SMARTS) is 1. The Labute approximate surface area is 160 Å². The zero-order valence-corrected chi connectivity index (χ0v) is 16.0. The molecule has 148 valence electrons. The van der Waals surface area contributed by atoms with Crippen molar-refractivity contribution in [1.29, 1.82) is 0 Å². The van der Waals surface area contributed by atoms with Crippen molar-refractivity contribution in [2.45, 2.75) is 69.4 Å². The van der Waals surface area contributed by atoms with Crippen LogP contribution in [0, 0.1) is 0 Å². The number of amides is 1. The highest BCUT2D eigenvalue weighted by Crippen LogP contribution is 2.40. The van der Waals surface area contributed by atoms with Crippen molar-refractivity contribution in [2.75, 3.05) is 26.2 Å². The molecule has 0 bridgehead atoms. The molecular weight excluding hydrogens is 344 g/mol. The third-order valence-corrected chi connectivity index (χ3v) is 6.70. The Morgan fingerprint density at radius 3 is 2.56 bits per heavy atom. The van der Waals surface area contributed by atoms with Crippen LogP contribution in [0.2, 0.25) is 0 Å². The topological polar surface area (TPSA) is 78.7 Å². The molecule has 1 saturated carbocycles. The van der Waals surface area contributed by atoms with Crippen LogP contribution in [-0.2, 0) is 16.1 Å². The van der Waals surface area contributed by atoms with Crippen LogP contribution in [0.25, 0.3) is 0 Å². The van der Waals surface area contributed by atoms with Gasteiger partial charge in [-0.25, -0.2) is 0 Å². The van der Waals surface area contributed by atoms with E-state index in [1.54, 1.807) is 10.9 Å². The molecule has 1 aliphatic carbocycles. The maximum atomic E-state index is 13.7. The lowest BCUT2D eigenvalue weighted by Crippen LogP contribution is -2.58. The van der Waals surface area contributed by atoms with Gasteiger partial charge in [-0.3, -0.25) is 19.2 Å². The molecule has 0 radical (unpaired) electrons. The summed E-state index contributed by atoms with van der Waals surface area (Å²) >= 11 is 0. The fourth-order valence-electron chi connectivity index (χ4n) is 5.42. The first-order valence-corrected chi connectivity index (χ1v) is 10.4. The van der Waals surface area contributed by atoms with E-state index in [1.165, 1.54) is 12.8 Å². The summed E-state index contributed by atoms with van der Waals surface area (Å²) in [6, 6.07) is 1.91. The predicted molar refractivity (Wildman–Crippen MR) is 100 cm³/mol. The number of piperidine rings is 1.